The fourth-order valence-corrected chi connectivity index (χ4v) is 2.73. The summed E-state index contributed by atoms with van der Waals surface area (Å²) < 4.78 is 5.34. The van der Waals surface area contributed by atoms with E-state index in [4.69, 9.17) is 4.74 Å². The Bertz CT molecular complexity index is 161. The summed E-state index contributed by atoms with van der Waals surface area (Å²) in [7, 11) is 0. The maximum Gasteiger partial charge on any atom is 0.0466 e. The third kappa shape index (κ3) is 5.31. The van der Waals surface area contributed by atoms with Crippen LogP contribution in [0.15, 0.2) is 0 Å². The van der Waals surface area contributed by atoms with Crippen LogP contribution in [-0.2, 0) is 4.74 Å². The van der Waals surface area contributed by atoms with Crippen molar-refractivity contribution in [3.05, 3.63) is 0 Å². The SMILES string of the molecule is CCOCCCCNC1CCCCC1CC. The molecule has 0 amide bonds. The highest BCUT2D eigenvalue weighted by atomic mass is 16.5. The predicted octanol–water partition coefficient (Wildman–Crippen LogP) is 3.36. The summed E-state index contributed by atoms with van der Waals surface area (Å²) in [6.45, 7) is 7.36. The minimum Gasteiger partial charge on any atom is -0.382 e. The molecule has 96 valence electrons. The summed E-state index contributed by atoms with van der Waals surface area (Å²) in [5.74, 6) is 0.931. The molecule has 0 saturated heterocycles. The van der Waals surface area contributed by atoms with Crippen LogP contribution in [0, 0.1) is 5.92 Å². The first-order chi connectivity index (χ1) is 7.88. The van der Waals surface area contributed by atoms with Crippen LogP contribution in [0.4, 0.5) is 0 Å². The van der Waals surface area contributed by atoms with E-state index in [9.17, 15) is 0 Å². The third-order valence-electron chi connectivity index (χ3n) is 3.76. The van der Waals surface area contributed by atoms with Gasteiger partial charge in [0.15, 0.2) is 0 Å². The second kappa shape index (κ2) is 9.00. The minimum atomic E-state index is 0.797. The zero-order valence-corrected chi connectivity index (χ0v) is 11.1. The molecule has 2 atom stereocenters. The molecule has 0 aromatic carbocycles. The lowest BCUT2D eigenvalue weighted by Crippen LogP contribution is -2.38. The van der Waals surface area contributed by atoms with Crippen LogP contribution in [0.2, 0.25) is 0 Å². The lowest BCUT2D eigenvalue weighted by Gasteiger charge is -2.31. The van der Waals surface area contributed by atoms with E-state index in [1.54, 1.807) is 0 Å². The average molecular weight is 227 g/mol. The van der Waals surface area contributed by atoms with Crippen molar-refractivity contribution in [3.8, 4) is 0 Å². The topological polar surface area (TPSA) is 21.3 Å². The van der Waals surface area contributed by atoms with Gasteiger partial charge in [-0.05, 0) is 45.1 Å². The molecule has 0 aromatic rings. The molecule has 0 aliphatic heterocycles. The van der Waals surface area contributed by atoms with E-state index in [0.29, 0.717) is 0 Å². The Morgan fingerprint density at radius 2 is 1.94 bits per heavy atom. The Labute approximate surface area is 101 Å². The van der Waals surface area contributed by atoms with E-state index in [1.165, 1.54) is 51.5 Å². The van der Waals surface area contributed by atoms with E-state index in [0.717, 1.165) is 25.2 Å². The Morgan fingerprint density at radius 1 is 1.12 bits per heavy atom. The van der Waals surface area contributed by atoms with Crippen molar-refractivity contribution in [2.75, 3.05) is 19.8 Å². The molecule has 1 rings (SSSR count). The molecule has 0 spiro atoms. The Hall–Kier alpha value is -0.0800. The van der Waals surface area contributed by atoms with Crippen LogP contribution in [0.1, 0.15) is 58.8 Å². The van der Waals surface area contributed by atoms with Crippen molar-refractivity contribution >= 4 is 0 Å². The molecule has 0 radical (unpaired) electrons. The highest BCUT2D eigenvalue weighted by Gasteiger charge is 2.22. The maximum atomic E-state index is 5.34. The van der Waals surface area contributed by atoms with Crippen LogP contribution in [0.5, 0.6) is 0 Å². The van der Waals surface area contributed by atoms with Gasteiger partial charge in [0.2, 0.25) is 0 Å². The van der Waals surface area contributed by atoms with Crippen LogP contribution < -0.4 is 5.32 Å². The summed E-state index contributed by atoms with van der Waals surface area (Å²) >= 11 is 0. The van der Waals surface area contributed by atoms with Gasteiger partial charge in [-0.15, -0.1) is 0 Å². The highest BCUT2D eigenvalue weighted by molar-refractivity contribution is 4.79. The smallest absolute Gasteiger partial charge is 0.0466 e. The van der Waals surface area contributed by atoms with Crippen LogP contribution in [-0.4, -0.2) is 25.8 Å². The van der Waals surface area contributed by atoms with Crippen molar-refractivity contribution in [2.45, 2.75) is 64.8 Å². The summed E-state index contributed by atoms with van der Waals surface area (Å²) in [6, 6.07) is 0.797. The Kier molecular flexibility index (Phi) is 7.87. The van der Waals surface area contributed by atoms with Crippen molar-refractivity contribution < 1.29 is 4.74 Å². The largest absolute Gasteiger partial charge is 0.382 e. The Morgan fingerprint density at radius 3 is 2.69 bits per heavy atom. The molecule has 1 aliphatic rings. The van der Waals surface area contributed by atoms with E-state index < -0.39 is 0 Å². The summed E-state index contributed by atoms with van der Waals surface area (Å²) in [5, 5.41) is 3.74. The van der Waals surface area contributed by atoms with Gasteiger partial charge < -0.3 is 10.1 Å². The lowest BCUT2D eigenvalue weighted by molar-refractivity contribution is 0.142. The molecular formula is C14H29NO. The fourth-order valence-electron chi connectivity index (χ4n) is 2.73. The molecule has 2 nitrogen and oxygen atoms in total. The second-order valence-electron chi connectivity index (χ2n) is 4.92. The molecule has 1 fully saturated rings. The van der Waals surface area contributed by atoms with Gasteiger partial charge in [-0.2, -0.15) is 0 Å². The third-order valence-corrected chi connectivity index (χ3v) is 3.76. The van der Waals surface area contributed by atoms with Gasteiger partial charge in [0.25, 0.3) is 0 Å². The predicted molar refractivity (Wildman–Crippen MR) is 69.8 cm³/mol. The van der Waals surface area contributed by atoms with Crippen LogP contribution >= 0.6 is 0 Å². The quantitative estimate of drug-likeness (QED) is 0.642. The molecular weight excluding hydrogens is 198 g/mol. The average Bonchev–Trinajstić information content (AvgIpc) is 2.34. The molecule has 0 bridgehead atoms. The normalized spacial score (nSPS) is 25.9. The highest BCUT2D eigenvalue weighted by Crippen LogP contribution is 2.26. The van der Waals surface area contributed by atoms with Gasteiger partial charge in [-0.1, -0.05) is 26.2 Å². The molecule has 2 unspecified atom stereocenters. The number of ether oxygens (including phenoxy) is 1. The van der Waals surface area contributed by atoms with Crippen LogP contribution in [0.25, 0.3) is 0 Å². The van der Waals surface area contributed by atoms with Crippen LogP contribution in [0.3, 0.4) is 0 Å². The molecule has 1 saturated carbocycles. The van der Waals surface area contributed by atoms with E-state index in [2.05, 4.69) is 19.2 Å². The van der Waals surface area contributed by atoms with Gasteiger partial charge in [-0.25, -0.2) is 0 Å². The lowest BCUT2D eigenvalue weighted by atomic mass is 9.83. The summed E-state index contributed by atoms with van der Waals surface area (Å²) in [5.41, 5.74) is 0. The van der Waals surface area contributed by atoms with Gasteiger partial charge in [0.05, 0.1) is 0 Å². The molecule has 0 heterocycles. The van der Waals surface area contributed by atoms with Gasteiger partial charge in [0, 0.05) is 19.3 Å². The van der Waals surface area contributed by atoms with Gasteiger partial charge in [0.1, 0.15) is 0 Å². The van der Waals surface area contributed by atoms with Gasteiger partial charge in [-0.3, -0.25) is 0 Å². The van der Waals surface area contributed by atoms with E-state index in [-0.39, 0.29) is 0 Å². The number of hydrogen-bond donors (Lipinski definition) is 1. The van der Waals surface area contributed by atoms with Crippen molar-refractivity contribution in [1.82, 2.24) is 5.32 Å². The monoisotopic (exact) mass is 227 g/mol. The standard InChI is InChI=1S/C14H29NO/c1-3-13-9-5-6-10-14(13)15-11-7-8-12-16-4-2/h13-15H,3-12H2,1-2H3. The molecule has 2 heteroatoms. The zero-order chi connectivity index (χ0) is 11.6. The van der Waals surface area contributed by atoms with E-state index >= 15 is 0 Å². The molecule has 1 N–H and O–H groups in total. The summed E-state index contributed by atoms with van der Waals surface area (Å²) in [6.07, 6.45) is 9.50. The second-order valence-corrected chi connectivity index (χ2v) is 4.92. The number of rotatable bonds is 8. The van der Waals surface area contributed by atoms with Crippen molar-refractivity contribution in [2.24, 2.45) is 5.92 Å². The first-order valence-electron chi connectivity index (χ1n) is 7.19. The van der Waals surface area contributed by atoms with E-state index in [1.807, 2.05) is 0 Å². The maximum absolute atomic E-state index is 5.34. The molecule has 0 aromatic heterocycles. The zero-order valence-electron chi connectivity index (χ0n) is 11.1. The van der Waals surface area contributed by atoms with Crippen molar-refractivity contribution in [1.29, 1.82) is 0 Å². The first-order valence-corrected chi connectivity index (χ1v) is 7.19. The number of unbranched alkanes of at least 4 members (excludes halogenated alkanes) is 1. The Balaban J connectivity index is 2.02. The van der Waals surface area contributed by atoms with Crippen molar-refractivity contribution in [3.63, 3.8) is 0 Å². The molecule has 16 heavy (non-hydrogen) atoms. The number of hydrogen-bond acceptors (Lipinski definition) is 2. The van der Waals surface area contributed by atoms with Gasteiger partial charge >= 0.3 is 0 Å². The molecule has 1 aliphatic carbocycles. The fraction of sp³-hybridized carbons (Fsp3) is 1.00. The summed E-state index contributed by atoms with van der Waals surface area (Å²) in [4.78, 5) is 0. The minimum absolute atomic E-state index is 0.797. The number of nitrogens with one attached hydrogen (secondary N) is 1. The first kappa shape index (κ1) is 14.0.